The molecule has 1 aromatic carbocycles. The van der Waals surface area contributed by atoms with Gasteiger partial charge in [-0.3, -0.25) is 9.59 Å². The Bertz CT molecular complexity index is 725. The summed E-state index contributed by atoms with van der Waals surface area (Å²) in [6.45, 7) is 5.55. The second kappa shape index (κ2) is 7.72. The summed E-state index contributed by atoms with van der Waals surface area (Å²) in [7, 11) is 0. The van der Waals surface area contributed by atoms with E-state index in [9.17, 15) is 14.0 Å². The summed E-state index contributed by atoms with van der Waals surface area (Å²) >= 11 is 0. The van der Waals surface area contributed by atoms with Gasteiger partial charge in [0, 0.05) is 5.69 Å². The summed E-state index contributed by atoms with van der Waals surface area (Å²) in [6.07, 6.45) is 1.60. The van der Waals surface area contributed by atoms with E-state index in [0.29, 0.717) is 0 Å². The van der Waals surface area contributed by atoms with Crippen molar-refractivity contribution in [3.8, 4) is 0 Å². The standard InChI is InChI=1S/C17H21FN4O2/c1-11-13(3)22(10-20-11)9-17(24)19-8-16(23)21-12(2)14-4-6-15(18)7-5-14/h4-7,10,12H,8-9H2,1-3H3,(H,19,24)(H,21,23)/t12-/m1/s1. The highest BCUT2D eigenvalue weighted by molar-refractivity contribution is 5.84. The highest BCUT2D eigenvalue weighted by Gasteiger charge is 2.12. The molecule has 6 nitrogen and oxygen atoms in total. The largest absolute Gasteiger partial charge is 0.348 e. The molecule has 0 aliphatic rings. The summed E-state index contributed by atoms with van der Waals surface area (Å²) in [5.41, 5.74) is 2.58. The van der Waals surface area contributed by atoms with Crippen molar-refractivity contribution in [2.24, 2.45) is 0 Å². The molecular formula is C17H21FN4O2. The third-order valence-electron chi connectivity index (χ3n) is 3.85. The normalized spacial score (nSPS) is 11.8. The van der Waals surface area contributed by atoms with Crippen LogP contribution in [-0.4, -0.2) is 27.9 Å². The molecule has 24 heavy (non-hydrogen) atoms. The van der Waals surface area contributed by atoms with Crippen LogP contribution in [0, 0.1) is 19.7 Å². The molecule has 0 saturated carbocycles. The summed E-state index contributed by atoms with van der Waals surface area (Å²) < 4.78 is 14.6. The molecular weight excluding hydrogens is 311 g/mol. The van der Waals surface area contributed by atoms with Gasteiger partial charge in [0.25, 0.3) is 0 Å². The lowest BCUT2D eigenvalue weighted by Gasteiger charge is -2.15. The molecule has 1 heterocycles. The van der Waals surface area contributed by atoms with Crippen LogP contribution in [0.1, 0.15) is 29.9 Å². The molecule has 0 spiro atoms. The third-order valence-corrected chi connectivity index (χ3v) is 3.85. The van der Waals surface area contributed by atoms with Crippen LogP contribution in [0.3, 0.4) is 0 Å². The molecule has 2 amide bonds. The lowest BCUT2D eigenvalue weighted by Crippen LogP contribution is -2.39. The zero-order valence-electron chi connectivity index (χ0n) is 14.0. The molecule has 0 aliphatic heterocycles. The first-order valence-corrected chi connectivity index (χ1v) is 7.66. The number of hydrogen-bond donors (Lipinski definition) is 2. The van der Waals surface area contributed by atoms with Crippen LogP contribution in [0.25, 0.3) is 0 Å². The van der Waals surface area contributed by atoms with E-state index in [1.165, 1.54) is 12.1 Å². The Balaban J connectivity index is 1.79. The minimum atomic E-state index is -0.324. The van der Waals surface area contributed by atoms with Gasteiger partial charge in [-0.15, -0.1) is 0 Å². The Kier molecular flexibility index (Phi) is 5.68. The van der Waals surface area contributed by atoms with Crippen molar-refractivity contribution in [2.75, 3.05) is 6.54 Å². The predicted octanol–water partition coefficient (Wildman–Crippen LogP) is 1.63. The number of hydrogen-bond acceptors (Lipinski definition) is 3. The fourth-order valence-corrected chi connectivity index (χ4v) is 2.22. The van der Waals surface area contributed by atoms with Crippen molar-refractivity contribution in [2.45, 2.75) is 33.4 Å². The second-order valence-corrected chi connectivity index (χ2v) is 5.66. The van der Waals surface area contributed by atoms with Crippen LogP contribution < -0.4 is 10.6 Å². The van der Waals surface area contributed by atoms with Crippen LogP contribution in [0.2, 0.25) is 0 Å². The minimum Gasteiger partial charge on any atom is -0.348 e. The molecule has 1 aromatic heterocycles. The number of benzene rings is 1. The predicted molar refractivity (Wildman–Crippen MR) is 87.7 cm³/mol. The number of halogens is 1. The summed E-state index contributed by atoms with van der Waals surface area (Å²) in [5.74, 6) is -0.895. The van der Waals surface area contributed by atoms with E-state index in [1.807, 2.05) is 13.8 Å². The van der Waals surface area contributed by atoms with Gasteiger partial charge in [0.15, 0.2) is 0 Å². The summed E-state index contributed by atoms with van der Waals surface area (Å²) in [4.78, 5) is 27.9. The van der Waals surface area contributed by atoms with Gasteiger partial charge in [0.1, 0.15) is 12.4 Å². The van der Waals surface area contributed by atoms with E-state index in [2.05, 4.69) is 15.6 Å². The van der Waals surface area contributed by atoms with E-state index in [-0.39, 0.29) is 36.8 Å². The number of aromatic nitrogens is 2. The highest BCUT2D eigenvalue weighted by Crippen LogP contribution is 2.12. The maximum absolute atomic E-state index is 12.9. The van der Waals surface area contributed by atoms with Crippen LogP contribution in [0.4, 0.5) is 4.39 Å². The summed E-state index contributed by atoms with van der Waals surface area (Å²) in [6, 6.07) is 5.64. The van der Waals surface area contributed by atoms with Gasteiger partial charge in [-0.2, -0.15) is 0 Å². The third kappa shape index (κ3) is 4.65. The number of amides is 2. The average molecular weight is 332 g/mol. The van der Waals surface area contributed by atoms with Gasteiger partial charge in [-0.25, -0.2) is 9.37 Å². The topological polar surface area (TPSA) is 76.0 Å². The Morgan fingerprint density at radius 2 is 1.88 bits per heavy atom. The molecule has 128 valence electrons. The van der Waals surface area contributed by atoms with Gasteiger partial charge in [0.2, 0.25) is 11.8 Å². The van der Waals surface area contributed by atoms with Crippen molar-refractivity contribution in [3.05, 3.63) is 53.4 Å². The first-order valence-electron chi connectivity index (χ1n) is 7.66. The lowest BCUT2D eigenvalue weighted by atomic mass is 10.1. The number of carbonyl (C=O) groups excluding carboxylic acids is 2. The zero-order chi connectivity index (χ0) is 17.7. The van der Waals surface area contributed by atoms with Crippen molar-refractivity contribution in [1.29, 1.82) is 0 Å². The Labute approximate surface area is 140 Å². The van der Waals surface area contributed by atoms with Gasteiger partial charge in [-0.1, -0.05) is 12.1 Å². The van der Waals surface area contributed by atoms with Crippen molar-refractivity contribution >= 4 is 11.8 Å². The zero-order valence-corrected chi connectivity index (χ0v) is 14.0. The molecule has 0 fully saturated rings. The molecule has 0 saturated heterocycles. The molecule has 2 rings (SSSR count). The van der Waals surface area contributed by atoms with Crippen molar-refractivity contribution in [3.63, 3.8) is 0 Å². The minimum absolute atomic E-state index is 0.114. The van der Waals surface area contributed by atoms with Crippen molar-refractivity contribution < 1.29 is 14.0 Å². The number of imidazole rings is 1. The molecule has 7 heteroatoms. The van der Waals surface area contributed by atoms with Crippen LogP contribution in [0.5, 0.6) is 0 Å². The molecule has 0 aliphatic carbocycles. The Morgan fingerprint density at radius 3 is 2.46 bits per heavy atom. The quantitative estimate of drug-likeness (QED) is 0.844. The van der Waals surface area contributed by atoms with Crippen molar-refractivity contribution in [1.82, 2.24) is 20.2 Å². The van der Waals surface area contributed by atoms with E-state index >= 15 is 0 Å². The second-order valence-electron chi connectivity index (χ2n) is 5.66. The van der Waals surface area contributed by atoms with Crippen LogP contribution >= 0.6 is 0 Å². The maximum atomic E-state index is 12.9. The summed E-state index contributed by atoms with van der Waals surface area (Å²) in [5, 5.41) is 5.33. The molecule has 0 unspecified atom stereocenters. The molecule has 1 atom stereocenters. The van der Waals surface area contributed by atoms with Crippen LogP contribution in [-0.2, 0) is 16.1 Å². The fraction of sp³-hybridized carbons (Fsp3) is 0.353. The Morgan fingerprint density at radius 1 is 1.21 bits per heavy atom. The monoisotopic (exact) mass is 332 g/mol. The van der Waals surface area contributed by atoms with Crippen LogP contribution in [0.15, 0.2) is 30.6 Å². The van der Waals surface area contributed by atoms with Gasteiger partial charge >= 0.3 is 0 Å². The smallest absolute Gasteiger partial charge is 0.240 e. The van der Waals surface area contributed by atoms with E-state index in [0.717, 1.165) is 17.0 Å². The number of rotatable bonds is 6. The first kappa shape index (κ1) is 17.7. The lowest BCUT2D eigenvalue weighted by molar-refractivity contribution is -0.126. The number of carbonyl (C=O) groups is 2. The van der Waals surface area contributed by atoms with E-state index in [1.54, 1.807) is 30.0 Å². The molecule has 0 bridgehead atoms. The SMILES string of the molecule is Cc1ncn(CC(=O)NCC(=O)N[C@H](C)c2ccc(F)cc2)c1C. The highest BCUT2D eigenvalue weighted by atomic mass is 19.1. The number of aryl methyl sites for hydroxylation is 1. The van der Waals surface area contributed by atoms with Gasteiger partial charge in [-0.05, 0) is 38.5 Å². The average Bonchev–Trinajstić information content (AvgIpc) is 2.85. The molecule has 2 aromatic rings. The van der Waals surface area contributed by atoms with E-state index in [4.69, 9.17) is 0 Å². The molecule has 0 radical (unpaired) electrons. The van der Waals surface area contributed by atoms with E-state index < -0.39 is 0 Å². The first-order chi connectivity index (χ1) is 11.4. The number of nitrogens with one attached hydrogen (secondary N) is 2. The fourth-order valence-electron chi connectivity index (χ4n) is 2.22. The Hall–Kier alpha value is -2.70. The molecule has 2 N–H and O–H groups in total. The van der Waals surface area contributed by atoms with Gasteiger partial charge < -0.3 is 15.2 Å². The number of nitrogens with zero attached hydrogens (tertiary/aromatic N) is 2. The van der Waals surface area contributed by atoms with Gasteiger partial charge in [0.05, 0.1) is 24.6 Å². The maximum Gasteiger partial charge on any atom is 0.240 e.